The molecule has 3 rings (SSSR count). The molecule has 4 heteroatoms. The van der Waals surface area contributed by atoms with Gasteiger partial charge in [0.1, 0.15) is 5.52 Å². The Labute approximate surface area is 118 Å². The second-order valence-corrected chi connectivity index (χ2v) is 6.41. The average Bonchev–Trinajstić information content (AvgIpc) is 3.06. The summed E-state index contributed by atoms with van der Waals surface area (Å²) in [4.78, 5) is 4.14. The van der Waals surface area contributed by atoms with Gasteiger partial charge in [-0.1, -0.05) is 19.9 Å². The van der Waals surface area contributed by atoms with Crippen molar-refractivity contribution in [2.45, 2.75) is 32.1 Å². The standard InChI is InChI=1S/C16H19N3O/c1-15(2,9-18-10-16(8-17)5-6-16)12-3-4-13-14(7-12)20-11-19-13/h3-4,7,11,18H,5-6,9-10H2,1-2H3. The Morgan fingerprint density at radius 1 is 1.45 bits per heavy atom. The van der Waals surface area contributed by atoms with Crippen molar-refractivity contribution in [1.82, 2.24) is 10.3 Å². The van der Waals surface area contributed by atoms with E-state index in [-0.39, 0.29) is 10.8 Å². The first-order valence-electron chi connectivity index (χ1n) is 7.00. The highest BCUT2D eigenvalue weighted by Gasteiger charge is 2.42. The van der Waals surface area contributed by atoms with Crippen molar-refractivity contribution < 1.29 is 4.42 Å². The van der Waals surface area contributed by atoms with Crippen LogP contribution in [0.15, 0.2) is 29.0 Å². The minimum absolute atomic E-state index is 0.00742. The van der Waals surface area contributed by atoms with Crippen molar-refractivity contribution >= 4 is 11.1 Å². The van der Waals surface area contributed by atoms with Gasteiger partial charge in [0.15, 0.2) is 12.0 Å². The summed E-state index contributed by atoms with van der Waals surface area (Å²) in [5.74, 6) is 0. The van der Waals surface area contributed by atoms with Crippen molar-refractivity contribution in [3.63, 3.8) is 0 Å². The van der Waals surface area contributed by atoms with Crippen LogP contribution >= 0.6 is 0 Å². The highest BCUT2D eigenvalue weighted by molar-refractivity contribution is 5.73. The van der Waals surface area contributed by atoms with Crippen LogP contribution in [0.2, 0.25) is 0 Å². The van der Waals surface area contributed by atoms with E-state index in [1.54, 1.807) is 0 Å². The minimum Gasteiger partial charge on any atom is -0.443 e. The molecular formula is C16H19N3O. The van der Waals surface area contributed by atoms with E-state index >= 15 is 0 Å². The summed E-state index contributed by atoms with van der Waals surface area (Å²) in [7, 11) is 0. The van der Waals surface area contributed by atoms with Crippen LogP contribution in [-0.2, 0) is 5.41 Å². The zero-order valence-corrected chi connectivity index (χ0v) is 11.9. The van der Waals surface area contributed by atoms with E-state index in [4.69, 9.17) is 9.68 Å². The molecule has 1 fully saturated rings. The Bertz CT molecular complexity index is 662. The molecule has 0 radical (unpaired) electrons. The molecule has 1 aromatic heterocycles. The summed E-state index contributed by atoms with van der Waals surface area (Å²) >= 11 is 0. The van der Waals surface area contributed by atoms with Gasteiger partial charge in [0.2, 0.25) is 0 Å². The molecule has 1 aliphatic carbocycles. The minimum atomic E-state index is -0.0923. The molecule has 0 saturated heterocycles. The highest BCUT2D eigenvalue weighted by Crippen LogP contribution is 2.44. The van der Waals surface area contributed by atoms with Crippen LogP contribution in [-0.4, -0.2) is 18.1 Å². The zero-order valence-electron chi connectivity index (χ0n) is 11.9. The molecule has 0 atom stereocenters. The van der Waals surface area contributed by atoms with Gasteiger partial charge in [-0.15, -0.1) is 0 Å². The maximum atomic E-state index is 9.09. The molecule has 1 heterocycles. The highest BCUT2D eigenvalue weighted by atomic mass is 16.3. The Balaban J connectivity index is 1.69. The average molecular weight is 269 g/mol. The molecular weight excluding hydrogens is 250 g/mol. The quantitative estimate of drug-likeness (QED) is 0.906. The van der Waals surface area contributed by atoms with Crippen molar-refractivity contribution in [3.05, 3.63) is 30.2 Å². The van der Waals surface area contributed by atoms with Gasteiger partial charge < -0.3 is 9.73 Å². The molecule has 0 amide bonds. The van der Waals surface area contributed by atoms with Gasteiger partial charge in [-0.2, -0.15) is 5.26 Å². The lowest BCUT2D eigenvalue weighted by molar-refractivity contribution is 0.443. The van der Waals surface area contributed by atoms with Crippen LogP contribution in [0.5, 0.6) is 0 Å². The number of hydrogen-bond acceptors (Lipinski definition) is 4. The van der Waals surface area contributed by atoms with E-state index in [1.807, 2.05) is 6.07 Å². The van der Waals surface area contributed by atoms with Gasteiger partial charge in [0.25, 0.3) is 0 Å². The number of nitriles is 1. The monoisotopic (exact) mass is 269 g/mol. The van der Waals surface area contributed by atoms with Gasteiger partial charge in [-0.25, -0.2) is 4.98 Å². The molecule has 104 valence electrons. The topological polar surface area (TPSA) is 61.9 Å². The molecule has 0 spiro atoms. The summed E-state index contributed by atoms with van der Waals surface area (Å²) in [6.45, 7) is 6.03. The van der Waals surface area contributed by atoms with Crippen LogP contribution in [0.4, 0.5) is 0 Å². The Hall–Kier alpha value is -1.86. The Morgan fingerprint density at radius 2 is 2.25 bits per heavy atom. The number of benzene rings is 1. The fraction of sp³-hybridized carbons (Fsp3) is 0.500. The first kappa shape index (κ1) is 13.1. The largest absolute Gasteiger partial charge is 0.443 e. The second-order valence-electron chi connectivity index (χ2n) is 6.41. The van der Waals surface area contributed by atoms with Crippen LogP contribution in [0.1, 0.15) is 32.3 Å². The van der Waals surface area contributed by atoms with Crippen LogP contribution in [0.3, 0.4) is 0 Å². The molecule has 0 unspecified atom stereocenters. The van der Waals surface area contributed by atoms with Crippen LogP contribution in [0, 0.1) is 16.7 Å². The predicted octanol–water partition coefficient (Wildman–Crippen LogP) is 3.00. The Kier molecular flexibility index (Phi) is 3.02. The lowest BCUT2D eigenvalue weighted by atomic mass is 9.84. The molecule has 1 saturated carbocycles. The van der Waals surface area contributed by atoms with Crippen molar-refractivity contribution in [1.29, 1.82) is 5.26 Å². The number of rotatable bonds is 5. The fourth-order valence-corrected chi connectivity index (χ4v) is 2.47. The summed E-state index contributed by atoms with van der Waals surface area (Å²) in [6.07, 6.45) is 3.53. The summed E-state index contributed by atoms with van der Waals surface area (Å²) in [5, 5.41) is 12.5. The van der Waals surface area contributed by atoms with Gasteiger partial charge in [-0.3, -0.25) is 0 Å². The number of nitrogens with one attached hydrogen (secondary N) is 1. The van der Waals surface area contributed by atoms with E-state index in [2.05, 4.69) is 42.4 Å². The van der Waals surface area contributed by atoms with E-state index in [0.29, 0.717) is 0 Å². The van der Waals surface area contributed by atoms with E-state index < -0.39 is 0 Å². The number of aromatic nitrogens is 1. The van der Waals surface area contributed by atoms with Crippen molar-refractivity contribution in [2.24, 2.45) is 5.41 Å². The lowest BCUT2D eigenvalue weighted by Gasteiger charge is -2.26. The molecule has 0 bridgehead atoms. The summed E-state index contributed by atoms with van der Waals surface area (Å²) < 4.78 is 5.37. The van der Waals surface area contributed by atoms with E-state index in [0.717, 1.165) is 37.0 Å². The van der Waals surface area contributed by atoms with Gasteiger partial charge in [-0.05, 0) is 30.5 Å². The normalized spacial score (nSPS) is 17.1. The number of fused-ring (bicyclic) bond motifs is 1. The first-order chi connectivity index (χ1) is 9.55. The summed E-state index contributed by atoms with van der Waals surface area (Å²) in [6, 6.07) is 8.56. The predicted molar refractivity (Wildman–Crippen MR) is 77.2 cm³/mol. The number of oxazole rings is 1. The fourth-order valence-electron chi connectivity index (χ4n) is 2.47. The van der Waals surface area contributed by atoms with Gasteiger partial charge in [0, 0.05) is 18.5 Å². The third-order valence-corrected chi connectivity index (χ3v) is 4.23. The van der Waals surface area contributed by atoms with E-state index in [9.17, 15) is 0 Å². The lowest BCUT2D eigenvalue weighted by Crippen LogP contribution is -2.35. The molecule has 20 heavy (non-hydrogen) atoms. The molecule has 1 N–H and O–H groups in total. The van der Waals surface area contributed by atoms with Crippen LogP contribution in [0.25, 0.3) is 11.1 Å². The van der Waals surface area contributed by atoms with Crippen molar-refractivity contribution in [3.8, 4) is 6.07 Å². The smallest absolute Gasteiger partial charge is 0.181 e. The maximum Gasteiger partial charge on any atom is 0.181 e. The second kappa shape index (κ2) is 4.60. The number of nitrogens with zero attached hydrogens (tertiary/aromatic N) is 2. The van der Waals surface area contributed by atoms with Crippen molar-refractivity contribution in [2.75, 3.05) is 13.1 Å². The maximum absolute atomic E-state index is 9.09. The molecule has 1 aromatic carbocycles. The van der Waals surface area contributed by atoms with Gasteiger partial charge >= 0.3 is 0 Å². The molecule has 4 nitrogen and oxygen atoms in total. The van der Waals surface area contributed by atoms with Gasteiger partial charge in [0.05, 0.1) is 11.5 Å². The molecule has 0 aliphatic heterocycles. The third kappa shape index (κ3) is 2.41. The zero-order chi connectivity index (χ0) is 14.2. The Morgan fingerprint density at radius 3 is 2.95 bits per heavy atom. The number of hydrogen-bond donors (Lipinski definition) is 1. The third-order valence-electron chi connectivity index (χ3n) is 4.23. The first-order valence-corrected chi connectivity index (χ1v) is 7.00. The molecule has 2 aromatic rings. The van der Waals surface area contributed by atoms with Crippen LogP contribution < -0.4 is 5.32 Å². The SMILES string of the molecule is CC(C)(CNCC1(C#N)CC1)c1ccc2ncoc2c1. The summed E-state index contributed by atoms with van der Waals surface area (Å²) in [5.41, 5.74) is 2.83. The molecule has 1 aliphatic rings. The van der Waals surface area contributed by atoms with E-state index in [1.165, 1.54) is 12.0 Å².